The first-order chi connectivity index (χ1) is 66.9. The molecule has 131 heavy (non-hydrogen) atoms. The Bertz CT molecular complexity index is 7170. The zero-order valence-electron chi connectivity index (χ0n) is 84.9. The molecule has 25 rings (SSSR count). The maximum Gasteiger partial charge on any atom is 0.227 e. The highest BCUT2D eigenvalue weighted by molar-refractivity contribution is 6.15. The number of rotatable bonds is 8. The van der Waals surface area contributed by atoms with E-state index in [9.17, 15) is 0 Å². The van der Waals surface area contributed by atoms with Crippen LogP contribution in [0.2, 0.25) is 0 Å². The van der Waals surface area contributed by atoms with Crippen molar-refractivity contribution in [3.63, 3.8) is 0 Å². The fraction of sp³-hybridized carbons (Fsp3) is 0.239. The van der Waals surface area contributed by atoms with Crippen molar-refractivity contribution in [2.75, 3.05) is 63.0 Å². The molecule has 0 aliphatic carbocycles. The molecule has 0 saturated heterocycles. The molecule has 0 N–H and O–H groups in total. The lowest BCUT2D eigenvalue weighted by Crippen LogP contribution is -2.42. The van der Waals surface area contributed by atoms with Crippen molar-refractivity contribution < 1.29 is 34.4 Å². The molecule has 22 nitrogen and oxygen atoms in total. The van der Waals surface area contributed by atoms with Crippen LogP contribution in [0.1, 0.15) is 116 Å². The lowest BCUT2D eigenvalue weighted by atomic mass is 10.1. The molecule has 0 spiro atoms. The van der Waals surface area contributed by atoms with E-state index in [2.05, 4.69) is 184 Å². The summed E-state index contributed by atoms with van der Waals surface area (Å²) in [6.45, 7) is 27.5. The van der Waals surface area contributed by atoms with Gasteiger partial charge in [0.15, 0.2) is 39.6 Å². The van der Waals surface area contributed by atoms with Crippen LogP contribution in [-0.4, -0.2) is 97.7 Å². The molecule has 5 atom stereocenters. The highest BCUT2D eigenvalue weighted by Crippen LogP contribution is 2.55. The maximum atomic E-state index is 8.71. The third kappa shape index (κ3) is 13.3. The minimum Gasteiger partial charge on any atom is -0.435 e. The summed E-state index contributed by atoms with van der Waals surface area (Å²) < 4.78 is 105. The van der Waals surface area contributed by atoms with E-state index in [1.807, 2.05) is 208 Å². The molecule has 0 bridgehead atoms. The van der Waals surface area contributed by atoms with Crippen molar-refractivity contribution in [3.8, 4) is 0 Å². The van der Waals surface area contributed by atoms with Gasteiger partial charge in [-0.2, -0.15) is 0 Å². The van der Waals surface area contributed by atoms with Crippen LogP contribution < -0.4 is 49.0 Å². The monoisotopic (exact) mass is 1740 g/mol. The first-order valence-electron chi connectivity index (χ1n) is 48.8. The Morgan fingerprint density at radius 2 is 0.473 bits per heavy atom. The smallest absolute Gasteiger partial charge is 0.227 e. The molecule has 17 heterocycles. The molecule has 20 aromatic rings. The molecule has 0 amide bonds. The predicted octanol–water partition coefficient (Wildman–Crippen LogP) is 27.2. The zero-order chi connectivity index (χ0) is 98.1. The van der Waals surface area contributed by atoms with Gasteiger partial charge in [-0.3, -0.25) is 0 Å². The molecular weight excluding hydrogens is 1630 g/mol. The van der Waals surface area contributed by atoms with Crippen LogP contribution in [0, 0.1) is 34.6 Å². The maximum absolute atomic E-state index is 8.71. The summed E-state index contributed by atoms with van der Waals surface area (Å²) in [5.41, 5.74) is 24.5. The van der Waals surface area contributed by atoms with E-state index in [4.69, 9.17) is 34.4 Å². The fourth-order valence-electron chi connectivity index (χ4n) is 20.3. The second-order valence-electron chi connectivity index (χ2n) is 34.7. The van der Waals surface area contributed by atoms with Gasteiger partial charge in [0.05, 0.1) is 78.0 Å². The lowest BCUT2D eigenvalue weighted by molar-refractivity contribution is 0.601. The van der Waals surface area contributed by atoms with Crippen LogP contribution in [0.25, 0.3) is 110 Å². The minimum absolute atomic E-state index is 0.0182. The van der Waals surface area contributed by atoms with E-state index in [-0.39, 0.29) is 18.5 Å². The minimum atomic E-state index is -2.29. The third-order valence-corrected chi connectivity index (χ3v) is 26.1. The van der Waals surface area contributed by atoms with E-state index >= 15 is 0 Å². The number of furan rings is 5. The summed E-state index contributed by atoms with van der Waals surface area (Å²) in [5, 5.41) is 10.0. The van der Waals surface area contributed by atoms with E-state index in [1.165, 1.54) is 9.80 Å². The Labute approximate surface area is 773 Å². The molecular formula is C109H105N17O5. The molecule has 5 aliphatic heterocycles. The Kier molecular flexibility index (Phi) is 18.1. The molecule has 12 aromatic heterocycles. The van der Waals surface area contributed by atoms with Gasteiger partial charge in [-0.15, -0.1) is 0 Å². The standard InChI is InChI=1S/2C23H23N3O.C22H22N4O.C21H19N3O.C20H18N4O/c2*1-14(2)25-16(4)26(20-10-6-5-9-19(20)25)21-15(3)11-12-17-18-8-7-13-24-23(18)27-22(17)21;1-13(2)25-15(4)26(21-18(25)8-6-11-23-21)19-14(3)9-10-16-17-7-5-12-24-22(17)27-20(16)19;1-13-10-11-15-16-7-6-12-22-21(16)25-20(15)19(13)24-14(2)23(3)17-8-4-5-9-18(17)24;1-12-8-9-14-15-6-4-11-22-20(15)25-18(14)17(12)24-13(2)23(3)16-7-5-10-21-19(16)24/h2*5-14,16H,1-4H3;5-13,15H,1-4H3;4-12,14H,1-3H3;4-11,13H,1-3H3/i2*14D;13D;2*3D3. The molecule has 656 valence electrons. The Morgan fingerprint density at radius 3 is 0.802 bits per heavy atom. The molecule has 8 aromatic carbocycles. The summed E-state index contributed by atoms with van der Waals surface area (Å²) in [6, 6.07) is 69.9. The molecule has 22 heteroatoms. The van der Waals surface area contributed by atoms with Crippen molar-refractivity contribution in [2.24, 2.45) is 0 Å². The van der Waals surface area contributed by atoms with E-state index in [1.54, 1.807) is 55.5 Å². The third-order valence-electron chi connectivity index (χ3n) is 26.1. The summed E-state index contributed by atoms with van der Waals surface area (Å²) >= 11 is 0. The summed E-state index contributed by atoms with van der Waals surface area (Å²) in [6.07, 6.45) is 11.2. The number of anilines is 15. The van der Waals surface area contributed by atoms with Gasteiger partial charge < -0.3 is 71.1 Å². The second-order valence-corrected chi connectivity index (χ2v) is 34.7. The topological polar surface area (TPSA) is 188 Å². The number of aryl methyl sites for hydroxylation is 5. The van der Waals surface area contributed by atoms with Gasteiger partial charge in [0.1, 0.15) is 30.8 Å². The number of benzene rings is 8. The average molecular weight is 1740 g/mol. The van der Waals surface area contributed by atoms with E-state index in [0.717, 1.165) is 172 Å². The van der Waals surface area contributed by atoms with Gasteiger partial charge >= 0.3 is 0 Å². The van der Waals surface area contributed by atoms with Gasteiger partial charge in [-0.1, -0.05) is 97.1 Å². The van der Waals surface area contributed by atoms with Gasteiger partial charge in [0.25, 0.3) is 0 Å². The molecule has 0 radical (unpaired) electrons. The predicted molar refractivity (Wildman–Crippen MR) is 537 cm³/mol. The number of aromatic nitrogens is 7. The Balaban J connectivity index is 0.000000104. The first kappa shape index (κ1) is 72.8. The fourth-order valence-corrected chi connectivity index (χ4v) is 20.3. The highest BCUT2D eigenvalue weighted by Gasteiger charge is 2.43. The van der Waals surface area contributed by atoms with Gasteiger partial charge in [-0.25, -0.2) is 34.9 Å². The van der Waals surface area contributed by atoms with E-state index in [0.29, 0.717) is 51.3 Å². The van der Waals surface area contributed by atoms with Crippen molar-refractivity contribution in [1.82, 2.24) is 34.9 Å². The van der Waals surface area contributed by atoms with Crippen molar-refractivity contribution in [3.05, 3.63) is 290 Å². The van der Waals surface area contributed by atoms with Gasteiger partial charge in [-0.05, 0) is 260 Å². The number of nitrogens with zero attached hydrogens (tertiary/aromatic N) is 17. The number of fused-ring (bicyclic) bond motifs is 20. The molecule has 5 aliphatic rings. The van der Waals surface area contributed by atoms with Crippen molar-refractivity contribution in [1.29, 1.82) is 0 Å². The average Bonchev–Trinajstić information content (AvgIpc) is 1.59. The van der Waals surface area contributed by atoms with Crippen LogP contribution in [0.5, 0.6) is 0 Å². The zero-order valence-corrected chi connectivity index (χ0v) is 75.9. The number of para-hydroxylation sites is 6. The van der Waals surface area contributed by atoms with Crippen LogP contribution in [0.15, 0.2) is 284 Å². The number of hydrogen-bond donors (Lipinski definition) is 0. The normalized spacial score (nSPS) is 18.2. The molecule has 5 unspecified atom stereocenters. The summed E-state index contributed by atoms with van der Waals surface area (Å²) in [5.74, 6) is 1.45. The van der Waals surface area contributed by atoms with Crippen LogP contribution >= 0.6 is 0 Å². The summed E-state index contributed by atoms with van der Waals surface area (Å²) in [7, 11) is 0. The van der Waals surface area contributed by atoms with Crippen molar-refractivity contribution in [2.45, 2.75) is 160 Å². The first-order valence-corrected chi connectivity index (χ1v) is 44.3. The van der Waals surface area contributed by atoms with Gasteiger partial charge in [0, 0.05) is 137 Å². The number of hydrogen-bond acceptors (Lipinski definition) is 22. The van der Waals surface area contributed by atoms with Crippen LogP contribution in [0.4, 0.5) is 85.6 Å². The summed E-state index contributed by atoms with van der Waals surface area (Å²) in [4.78, 5) is 51.2. The quantitative estimate of drug-likeness (QED) is 0.140. The molecule has 0 saturated carbocycles. The SMILES string of the molecule is [2H]C(C)(C)N1c2ccccc2N(c2c(C)ccc3c2oc2ncccc23)C1C.[2H]C(C)(C)N1c2ccccc2N(c2c(C)ccc3c2oc2ncccc23)C1C.[2H]C(C)(C)N1c2cccnc2N(c2c(C)ccc3c2oc2ncccc23)C1C.[2H]C([2H])([2H])N1c2ccccc2N(c2c(C)ccc3c2oc2ncccc23)C1C.[2H]C([2H])([2H])N1c2cccnc2N(c2c(C)ccc3c2oc2ncccc23)C1C. The lowest BCUT2D eigenvalue weighted by Gasteiger charge is -2.33. The second kappa shape index (κ2) is 32.5. The van der Waals surface area contributed by atoms with Crippen LogP contribution in [0.3, 0.4) is 0 Å². The van der Waals surface area contributed by atoms with Crippen LogP contribution in [-0.2, 0) is 0 Å². The largest absolute Gasteiger partial charge is 0.435 e. The Hall–Kier alpha value is -15.2. The highest BCUT2D eigenvalue weighted by atomic mass is 16.4. The van der Waals surface area contributed by atoms with E-state index < -0.39 is 44.3 Å². The number of pyridine rings is 7. The van der Waals surface area contributed by atoms with Crippen molar-refractivity contribution >= 4 is 196 Å². The Morgan fingerprint density at radius 1 is 0.244 bits per heavy atom. The molecule has 0 fully saturated rings. The van der Waals surface area contributed by atoms with Gasteiger partial charge in [0.2, 0.25) is 28.6 Å².